The SMILES string of the molecule is CNC(CCCC(C)C)C(C)(C)N1CCCCC1. The Bertz CT molecular complexity index is 217. The molecule has 0 aromatic carbocycles. The molecule has 0 radical (unpaired) electrons. The van der Waals surface area contributed by atoms with Crippen LogP contribution in [0, 0.1) is 5.92 Å². The first-order valence-electron chi connectivity index (χ1n) is 7.90. The van der Waals surface area contributed by atoms with Crippen molar-refractivity contribution in [2.75, 3.05) is 20.1 Å². The van der Waals surface area contributed by atoms with Gasteiger partial charge in [0.15, 0.2) is 0 Å². The Morgan fingerprint density at radius 3 is 2.17 bits per heavy atom. The van der Waals surface area contributed by atoms with E-state index in [1.54, 1.807) is 0 Å². The van der Waals surface area contributed by atoms with Crippen LogP contribution in [0.3, 0.4) is 0 Å². The molecule has 2 heteroatoms. The lowest BCUT2D eigenvalue weighted by atomic mass is 9.86. The van der Waals surface area contributed by atoms with Crippen LogP contribution in [0.1, 0.15) is 66.2 Å². The standard InChI is InChI=1S/C16H34N2/c1-14(2)10-9-11-15(17-5)16(3,4)18-12-7-6-8-13-18/h14-15,17H,6-13H2,1-5H3. The van der Waals surface area contributed by atoms with Crippen LogP contribution in [-0.2, 0) is 0 Å². The zero-order valence-corrected chi connectivity index (χ0v) is 13.3. The van der Waals surface area contributed by atoms with Crippen LogP contribution in [0.25, 0.3) is 0 Å². The van der Waals surface area contributed by atoms with Crippen molar-refractivity contribution in [2.45, 2.75) is 77.8 Å². The lowest BCUT2D eigenvalue weighted by Crippen LogP contribution is -2.58. The molecule has 0 aromatic heterocycles. The molecular formula is C16H34N2. The summed E-state index contributed by atoms with van der Waals surface area (Å²) in [5, 5.41) is 3.57. The van der Waals surface area contributed by atoms with Gasteiger partial charge in [0.2, 0.25) is 0 Å². The van der Waals surface area contributed by atoms with Gasteiger partial charge in [0.05, 0.1) is 0 Å². The van der Waals surface area contributed by atoms with Crippen LogP contribution in [-0.4, -0.2) is 36.6 Å². The molecule has 18 heavy (non-hydrogen) atoms. The Labute approximate surface area is 115 Å². The fraction of sp³-hybridized carbons (Fsp3) is 1.00. The minimum absolute atomic E-state index is 0.298. The van der Waals surface area contributed by atoms with Gasteiger partial charge < -0.3 is 5.32 Å². The van der Waals surface area contributed by atoms with E-state index < -0.39 is 0 Å². The molecule has 1 atom stereocenters. The number of rotatable bonds is 7. The van der Waals surface area contributed by atoms with Crippen molar-refractivity contribution in [3.63, 3.8) is 0 Å². The predicted octanol–water partition coefficient (Wildman–Crippen LogP) is 3.67. The lowest BCUT2D eigenvalue weighted by Gasteiger charge is -2.46. The number of likely N-dealkylation sites (N-methyl/N-ethyl adjacent to an activating group) is 1. The van der Waals surface area contributed by atoms with Gasteiger partial charge in [-0.1, -0.05) is 33.1 Å². The van der Waals surface area contributed by atoms with Gasteiger partial charge in [-0.3, -0.25) is 4.90 Å². The van der Waals surface area contributed by atoms with Crippen LogP contribution < -0.4 is 5.32 Å². The van der Waals surface area contributed by atoms with E-state index in [0.717, 1.165) is 5.92 Å². The highest BCUT2D eigenvalue weighted by Gasteiger charge is 2.34. The summed E-state index contributed by atoms with van der Waals surface area (Å²) in [4.78, 5) is 2.70. The van der Waals surface area contributed by atoms with E-state index in [2.05, 4.69) is 45.0 Å². The summed E-state index contributed by atoms with van der Waals surface area (Å²) in [6, 6.07) is 0.620. The van der Waals surface area contributed by atoms with Crippen LogP contribution in [0.15, 0.2) is 0 Å². The van der Waals surface area contributed by atoms with Crippen molar-refractivity contribution >= 4 is 0 Å². The van der Waals surface area contributed by atoms with E-state index >= 15 is 0 Å². The first kappa shape index (κ1) is 16.0. The molecule has 1 heterocycles. The van der Waals surface area contributed by atoms with Crippen LogP contribution in [0.4, 0.5) is 0 Å². The number of nitrogens with zero attached hydrogens (tertiary/aromatic N) is 1. The molecule has 0 spiro atoms. The smallest absolute Gasteiger partial charge is 0.0306 e. The zero-order chi connectivity index (χ0) is 13.6. The van der Waals surface area contributed by atoms with Crippen molar-refractivity contribution in [2.24, 2.45) is 5.92 Å². The average Bonchev–Trinajstić information content (AvgIpc) is 2.35. The van der Waals surface area contributed by atoms with Gasteiger partial charge in [0, 0.05) is 11.6 Å². The highest BCUT2D eigenvalue weighted by atomic mass is 15.2. The second kappa shape index (κ2) is 7.49. The Kier molecular flexibility index (Phi) is 6.65. The van der Waals surface area contributed by atoms with E-state index in [-0.39, 0.29) is 0 Å². The molecule has 1 unspecified atom stereocenters. The normalized spacial score (nSPS) is 20.3. The van der Waals surface area contributed by atoms with Crippen LogP contribution >= 0.6 is 0 Å². The summed E-state index contributed by atoms with van der Waals surface area (Å²) in [7, 11) is 2.13. The molecule has 0 amide bonds. The molecule has 1 rings (SSSR count). The highest BCUT2D eigenvalue weighted by molar-refractivity contribution is 4.93. The summed E-state index contributed by atoms with van der Waals surface area (Å²) in [6.45, 7) is 12.1. The number of hydrogen-bond acceptors (Lipinski definition) is 2. The summed E-state index contributed by atoms with van der Waals surface area (Å²) in [5.74, 6) is 0.834. The second-order valence-corrected chi connectivity index (χ2v) is 6.87. The Morgan fingerprint density at radius 2 is 1.67 bits per heavy atom. The largest absolute Gasteiger partial charge is 0.315 e. The fourth-order valence-electron chi connectivity index (χ4n) is 3.27. The Morgan fingerprint density at radius 1 is 1.06 bits per heavy atom. The summed E-state index contributed by atoms with van der Waals surface area (Å²) < 4.78 is 0. The van der Waals surface area contributed by atoms with Crippen molar-refractivity contribution in [1.82, 2.24) is 10.2 Å². The van der Waals surface area contributed by atoms with Crippen molar-refractivity contribution < 1.29 is 0 Å². The van der Waals surface area contributed by atoms with Gasteiger partial charge in [-0.05, 0) is 59.2 Å². The van der Waals surface area contributed by atoms with Crippen molar-refractivity contribution in [3.05, 3.63) is 0 Å². The predicted molar refractivity (Wildman–Crippen MR) is 81.0 cm³/mol. The molecule has 1 N–H and O–H groups in total. The van der Waals surface area contributed by atoms with Crippen LogP contribution in [0.5, 0.6) is 0 Å². The third-order valence-corrected chi connectivity index (χ3v) is 4.65. The first-order valence-corrected chi connectivity index (χ1v) is 7.90. The lowest BCUT2D eigenvalue weighted by molar-refractivity contribution is 0.0596. The maximum Gasteiger partial charge on any atom is 0.0306 e. The number of nitrogens with one attached hydrogen (secondary N) is 1. The van der Waals surface area contributed by atoms with Gasteiger partial charge in [0.25, 0.3) is 0 Å². The maximum atomic E-state index is 3.57. The van der Waals surface area contributed by atoms with Crippen LogP contribution in [0.2, 0.25) is 0 Å². The van der Waals surface area contributed by atoms with E-state index in [0.29, 0.717) is 11.6 Å². The van der Waals surface area contributed by atoms with Crippen molar-refractivity contribution in [3.8, 4) is 0 Å². The molecule has 0 bridgehead atoms. The molecule has 1 saturated heterocycles. The number of likely N-dealkylation sites (tertiary alicyclic amines) is 1. The number of hydrogen-bond donors (Lipinski definition) is 1. The van der Waals surface area contributed by atoms with Gasteiger partial charge in [0.1, 0.15) is 0 Å². The minimum atomic E-state index is 0.298. The van der Waals surface area contributed by atoms with Gasteiger partial charge in [-0.15, -0.1) is 0 Å². The molecule has 1 aliphatic heterocycles. The van der Waals surface area contributed by atoms with Gasteiger partial charge >= 0.3 is 0 Å². The molecular weight excluding hydrogens is 220 g/mol. The first-order chi connectivity index (χ1) is 8.48. The highest BCUT2D eigenvalue weighted by Crippen LogP contribution is 2.26. The molecule has 2 nitrogen and oxygen atoms in total. The summed E-state index contributed by atoms with van der Waals surface area (Å²) >= 11 is 0. The average molecular weight is 254 g/mol. The summed E-state index contributed by atoms with van der Waals surface area (Å²) in [6.07, 6.45) is 8.19. The molecule has 0 aliphatic carbocycles. The zero-order valence-electron chi connectivity index (χ0n) is 13.3. The minimum Gasteiger partial charge on any atom is -0.315 e. The summed E-state index contributed by atoms with van der Waals surface area (Å²) in [5.41, 5.74) is 0.298. The molecule has 0 aromatic rings. The van der Waals surface area contributed by atoms with Crippen molar-refractivity contribution in [1.29, 1.82) is 0 Å². The Balaban J connectivity index is 2.49. The second-order valence-electron chi connectivity index (χ2n) is 6.87. The third kappa shape index (κ3) is 4.55. The van der Waals surface area contributed by atoms with E-state index in [9.17, 15) is 0 Å². The Hall–Kier alpha value is -0.0800. The van der Waals surface area contributed by atoms with E-state index in [1.807, 2.05) is 0 Å². The van der Waals surface area contributed by atoms with Gasteiger partial charge in [-0.2, -0.15) is 0 Å². The number of piperidine rings is 1. The van der Waals surface area contributed by atoms with Gasteiger partial charge in [-0.25, -0.2) is 0 Å². The molecule has 1 aliphatic rings. The molecule has 1 fully saturated rings. The quantitative estimate of drug-likeness (QED) is 0.746. The topological polar surface area (TPSA) is 15.3 Å². The van der Waals surface area contributed by atoms with E-state index in [4.69, 9.17) is 0 Å². The molecule has 108 valence electrons. The monoisotopic (exact) mass is 254 g/mol. The maximum absolute atomic E-state index is 3.57. The van der Waals surface area contributed by atoms with E-state index in [1.165, 1.54) is 51.6 Å². The third-order valence-electron chi connectivity index (χ3n) is 4.65. The molecule has 0 saturated carbocycles. The fourth-order valence-corrected chi connectivity index (χ4v) is 3.27.